The van der Waals surface area contributed by atoms with Crippen LogP contribution in [0.1, 0.15) is 25.7 Å². The van der Waals surface area contributed by atoms with Crippen LogP contribution in [0.2, 0.25) is 0 Å². The quantitative estimate of drug-likeness (QED) is 0.745. The van der Waals surface area contributed by atoms with Crippen molar-refractivity contribution in [2.45, 2.75) is 31.7 Å². The summed E-state index contributed by atoms with van der Waals surface area (Å²) in [6.07, 6.45) is 4.18. The van der Waals surface area contributed by atoms with E-state index in [9.17, 15) is 9.59 Å². The molecule has 3 N–H and O–H groups in total. The Labute approximate surface area is 143 Å². The third kappa shape index (κ3) is 5.23. The van der Waals surface area contributed by atoms with E-state index in [2.05, 4.69) is 16.0 Å². The molecule has 3 amide bonds. The molecule has 0 atom stereocenters. The molecule has 6 heteroatoms. The zero-order valence-corrected chi connectivity index (χ0v) is 14.0. The van der Waals surface area contributed by atoms with E-state index in [4.69, 9.17) is 0 Å². The second kappa shape index (κ2) is 8.15. The first-order valence-electron chi connectivity index (χ1n) is 8.82. The first-order chi connectivity index (χ1) is 11.7. The number of carbonyl (C=O) groups excluding carboxylic acids is 2. The maximum Gasteiger partial charge on any atom is 0.321 e. The van der Waals surface area contributed by atoms with Crippen molar-refractivity contribution in [1.82, 2.24) is 15.5 Å². The molecule has 0 spiro atoms. The van der Waals surface area contributed by atoms with Crippen molar-refractivity contribution < 1.29 is 9.59 Å². The molecule has 2 aliphatic rings. The smallest absolute Gasteiger partial charge is 0.321 e. The third-order valence-electron chi connectivity index (χ3n) is 4.59. The summed E-state index contributed by atoms with van der Waals surface area (Å²) >= 11 is 0. The van der Waals surface area contributed by atoms with Gasteiger partial charge >= 0.3 is 6.03 Å². The molecule has 1 saturated heterocycles. The standard InChI is InChI=1S/C18H26N4O2/c23-17(13-19-12-14-6-7-14)20-16-8-10-22(11-9-16)18(24)21-15-4-2-1-3-5-15/h1-5,14,16,19H,6-13H2,(H,20,23)(H,21,24). The number of benzene rings is 1. The van der Waals surface area contributed by atoms with Crippen LogP contribution >= 0.6 is 0 Å². The molecular formula is C18H26N4O2. The fourth-order valence-corrected chi connectivity index (χ4v) is 2.94. The van der Waals surface area contributed by atoms with E-state index >= 15 is 0 Å². The Hall–Kier alpha value is -2.08. The van der Waals surface area contributed by atoms with Crippen LogP contribution in [-0.2, 0) is 4.79 Å². The van der Waals surface area contributed by atoms with Crippen molar-refractivity contribution >= 4 is 17.6 Å². The molecule has 1 saturated carbocycles. The van der Waals surface area contributed by atoms with Crippen LogP contribution in [0.3, 0.4) is 0 Å². The van der Waals surface area contributed by atoms with E-state index in [0.29, 0.717) is 19.6 Å². The Morgan fingerprint density at radius 1 is 1.04 bits per heavy atom. The van der Waals surface area contributed by atoms with Crippen molar-refractivity contribution in [2.24, 2.45) is 5.92 Å². The lowest BCUT2D eigenvalue weighted by atomic mass is 10.1. The van der Waals surface area contributed by atoms with Crippen molar-refractivity contribution in [1.29, 1.82) is 0 Å². The number of nitrogens with zero attached hydrogens (tertiary/aromatic N) is 1. The van der Waals surface area contributed by atoms with Crippen molar-refractivity contribution in [3.8, 4) is 0 Å². The number of hydrogen-bond donors (Lipinski definition) is 3. The van der Waals surface area contributed by atoms with Gasteiger partial charge in [0.25, 0.3) is 0 Å². The maximum atomic E-state index is 12.2. The van der Waals surface area contributed by atoms with Crippen LogP contribution < -0.4 is 16.0 Å². The van der Waals surface area contributed by atoms with Gasteiger partial charge in [0.2, 0.25) is 5.91 Å². The first-order valence-corrected chi connectivity index (χ1v) is 8.82. The molecule has 0 aromatic heterocycles. The molecule has 130 valence electrons. The minimum absolute atomic E-state index is 0.0582. The Kier molecular flexibility index (Phi) is 5.69. The van der Waals surface area contributed by atoms with Gasteiger partial charge in [-0.15, -0.1) is 0 Å². The molecule has 1 heterocycles. The lowest BCUT2D eigenvalue weighted by Crippen LogP contribution is -2.49. The van der Waals surface area contributed by atoms with E-state index in [0.717, 1.165) is 31.0 Å². The van der Waals surface area contributed by atoms with Crippen molar-refractivity contribution in [3.05, 3.63) is 30.3 Å². The zero-order valence-electron chi connectivity index (χ0n) is 14.0. The molecule has 1 aromatic carbocycles. The summed E-state index contributed by atoms with van der Waals surface area (Å²) in [5, 5.41) is 9.17. The summed E-state index contributed by atoms with van der Waals surface area (Å²) in [6.45, 7) is 2.68. The normalized spacial score (nSPS) is 18.2. The molecule has 1 aliphatic heterocycles. The molecule has 1 aliphatic carbocycles. The molecule has 6 nitrogen and oxygen atoms in total. The Bertz CT molecular complexity index is 551. The van der Waals surface area contributed by atoms with Gasteiger partial charge in [0.15, 0.2) is 0 Å². The topological polar surface area (TPSA) is 73.5 Å². The number of carbonyl (C=O) groups is 2. The number of hydrogen-bond acceptors (Lipinski definition) is 3. The Morgan fingerprint density at radius 2 is 1.75 bits per heavy atom. The minimum atomic E-state index is -0.0722. The first kappa shape index (κ1) is 16.8. The molecule has 0 bridgehead atoms. The summed E-state index contributed by atoms with van der Waals surface area (Å²) in [5.41, 5.74) is 0.805. The molecule has 0 unspecified atom stereocenters. The average molecular weight is 330 g/mol. The van der Waals surface area contributed by atoms with Gasteiger partial charge in [0, 0.05) is 24.8 Å². The van der Waals surface area contributed by atoms with E-state index < -0.39 is 0 Å². The van der Waals surface area contributed by atoms with E-state index in [1.807, 2.05) is 30.3 Å². The van der Waals surface area contributed by atoms with E-state index in [-0.39, 0.29) is 18.0 Å². The number of likely N-dealkylation sites (tertiary alicyclic amines) is 1. The van der Waals surface area contributed by atoms with Gasteiger partial charge in [-0.1, -0.05) is 18.2 Å². The number of nitrogens with one attached hydrogen (secondary N) is 3. The minimum Gasteiger partial charge on any atom is -0.352 e. The SMILES string of the molecule is O=C(CNCC1CC1)NC1CCN(C(=O)Nc2ccccc2)CC1. The van der Waals surface area contributed by atoms with Crippen LogP contribution in [0.25, 0.3) is 0 Å². The highest BCUT2D eigenvalue weighted by molar-refractivity contribution is 5.89. The molecule has 1 aromatic rings. The molecule has 2 fully saturated rings. The predicted octanol–water partition coefficient (Wildman–Crippen LogP) is 1.80. The average Bonchev–Trinajstić information content (AvgIpc) is 3.41. The van der Waals surface area contributed by atoms with Gasteiger partial charge in [0.05, 0.1) is 6.54 Å². The molecule has 0 radical (unpaired) electrons. The van der Waals surface area contributed by atoms with Gasteiger partial charge in [-0.3, -0.25) is 4.79 Å². The van der Waals surface area contributed by atoms with E-state index in [1.165, 1.54) is 12.8 Å². The van der Waals surface area contributed by atoms with Gasteiger partial charge in [-0.05, 0) is 50.3 Å². The molecule has 3 rings (SSSR count). The summed E-state index contributed by atoms with van der Waals surface area (Å²) < 4.78 is 0. The number of urea groups is 1. The number of anilines is 1. The lowest BCUT2D eigenvalue weighted by molar-refractivity contribution is -0.121. The van der Waals surface area contributed by atoms with E-state index in [1.54, 1.807) is 4.90 Å². The number of amides is 3. The van der Waals surface area contributed by atoms with Crippen LogP contribution in [0.15, 0.2) is 30.3 Å². The predicted molar refractivity (Wildman–Crippen MR) is 93.8 cm³/mol. The third-order valence-corrected chi connectivity index (χ3v) is 4.59. The Balaban J connectivity index is 1.34. The highest BCUT2D eigenvalue weighted by Crippen LogP contribution is 2.27. The Morgan fingerprint density at radius 3 is 2.42 bits per heavy atom. The van der Waals surface area contributed by atoms with Gasteiger partial charge in [0.1, 0.15) is 0 Å². The lowest BCUT2D eigenvalue weighted by Gasteiger charge is -2.32. The second-order valence-corrected chi connectivity index (χ2v) is 6.70. The largest absolute Gasteiger partial charge is 0.352 e. The van der Waals surface area contributed by atoms with Gasteiger partial charge in [-0.25, -0.2) is 4.79 Å². The van der Waals surface area contributed by atoms with Gasteiger partial charge < -0.3 is 20.9 Å². The van der Waals surface area contributed by atoms with Crippen molar-refractivity contribution in [3.63, 3.8) is 0 Å². The second-order valence-electron chi connectivity index (χ2n) is 6.70. The highest BCUT2D eigenvalue weighted by atomic mass is 16.2. The molecular weight excluding hydrogens is 304 g/mol. The summed E-state index contributed by atoms with van der Waals surface area (Å²) in [7, 11) is 0. The summed E-state index contributed by atoms with van der Waals surface area (Å²) in [4.78, 5) is 25.9. The fraction of sp³-hybridized carbons (Fsp3) is 0.556. The fourth-order valence-electron chi connectivity index (χ4n) is 2.94. The zero-order chi connectivity index (χ0) is 16.8. The number of para-hydroxylation sites is 1. The summed E-state index contributed by atoms with van der Waals surface area (Å²) in [6, 6.07) is 9.56. The maximum absolute atomic E-state index is 12.2. The monoisotopic (exact) mass is 330 g/mol. The van der Waals surface area contributed by atoms with Crippen LogP contribution in [-0.4, -0.2) is 49.1 Å². The highest BCUT2D eigenvalue weighted by Gasteiger charge is 2.24. The van der Waals surface area contributed by atoms with Crippen LogP contribution in [0.4, 0.5) is 10.5 Å². The molecule has 24 heavy (non-hydrogen) atoms. The number of rotatable bonds is 6. The van der Waals surface area contributed by atoms with Gasteiger partial charge in [-0.2, -0.15) is 0 Å². The summed E-state index contributed by atoms with van der Waals surface area (Å²) in [5.74, 6) is 0.840. The van der Waals surface area contributed by atoms with Crippen LogP contribution in [0, 0.1) is 5.92 Å². The van der Waals surface area contributed by atoms with Crippen molar-refractivity contribution in [2.75, 3.05) is 31.5 Å². The van der Waals surface area contributed by atoms with Crippen LogP contribution in [0.5, 0.6) is 0 Å². The number of piperidine rings is 1.